The molecule has 0 fully saturated rings. The zero-order valence-electron chi connectivity index (χ0n) is 14.6. The number of amides is 1. The molecule has 0 spiro atoms. The molecule has 1 N–H and O–H groups in total. The predicted molar refractivity (Wildman–Crippen MR) is 109 cm³/mol. The fraction of sp³-hybridized carbons (Fsp3) is 0.167. The van der Waals surface area contributed by atoms with Crippen LogP contribution in [0.2, 0.25) is 0 Å². The number of hydrogen-bond donors (Lipinski definition) is 1. The molecular weight excluding hydrogens is 405 g/mol. The average molecular weight is 422 g/mol. The molecule has 0 bridgehead atoms. The summed E-state index contributed by atoms with van der Waals surface area (Å²) in [6.45, 7) is 0. The van der Waals surface area contributed by atoms with E-state index in [2.05, 4.69) is 15.5 Å². The highest BCUT2D eigenvalue weighted by Crippen LogP contribution is 2.30. The Bertz CT molecular complexity index is 932. The van der Waals surface area contributed by atoms with Gasteiger partial charge in [0, 0.05) is 10.6 Å². The van der Waals surface area contributed by atoms with E-state index in [1.807, 2.05) is 18.4 Å². The highest BCUT2D eigenvalue weighted by Gasteiger charge is 2.15. The Balaban J connectivity index is 1.63. The summed E-state index contributed by atoms with van der Waals surface area (Å²) in [6, 6.07) is 11.7. The maximum atomic E-state index is 12.9. The van der Waals surface area contributed by atoms with Gasteiger partial charge in [-0.05, 0) is 42.2 Å². The summed E-state index contributed by atoms with van der Waals surface area (Å²) >= 11 is 4.34. The Labute approximate surface area is 168 Å². The lowest BCUT2D eigenvalue weighted by atomic mass is 10.2. The van der Waals surface area contributed by atoms with Crippen molar-refractivity contribution in [1.82, 2.24) is 10.2 Å². The maximum absolute atomic E-state index is 12.9. The van der Waals surface area contributed by atoms with Gasteiger partial charge in [-0.2, -0.15) is 0 Å². The van der Waals surface area contributed by atoms with Gasteiger partial charge in [0.15, 0.2) is 4.34 Å². The van der Waals surface area contributed by atoms with Crippen LogP contribution >= 0.6 is 34.9 Å². The molecule has 5 nitrogen and oxygen atoms in total. The van der Waals surface area contributed by atoms with Crippen molar-refractivity contribution in [2.75, 3.05) is 18.7 Å². The molecule has 0 radical (unpaired) electrons. The molecule has 0 unspecified atom stereocenters. The monoisotopic (exact) mass is 421 g/mol. The van der Waals surface area contributed by atoms with Crippen molar-refractivity contribution < 1.29 is 13.9 Å². The summed E-state index contributed by atoms with van der Waals surface area (Å²) in [6.07, 6.45) is 1.96. The molecule has 1 amide bonds. The third-order valence-electron chi connectivity index (χ3n) is 3.56. The SMILES string of the molecule is COc1cc(SC)ccc1C(=O)Nc1nnc(SCc2ccc(F)cc2)s1. The zero-order chi connectivity index (χ0) is 19.2. The summed E-state index contributed by atoms with van der Waals surface area (Å²) < 4.78 is 19.0. The summed E-state index contributed by atoms with van der Waals surface area (Å²) in [4.78, 5) is 13.5. The fourth-order valence-electron chi connectivity index (χ4n) is 2.19. The number of rotatable bonds is 7. The van der Waals surface area contributed by atoms with E-state index in [4.69, 9.17) is 4.74 Å². The van der Waals surface area contributed by atoms with Crippen molar-refractivity contribution >= 4 is 45.9 Å². The molecule has 1 aromatic heterocycles. The topological polar surface area (TPSA) is 64.1 Å². The second-order valence-electron chi connectivity index (χ2n) is 5.31. The highest BCUT2D eigenvalue weighted by molar-refractivity contribution is 8.00. The molecule has 2 aromatic carbocycles. The van der Waals surface area contributed by atoms with E-state index < -0.39 is 0 Å². The molecule has 0 saturated carbocycles. The van der Waals surface area contributed by atoms with E-state index in [9.17, 15) is 9.18 Å². The largest absolute Gasteiger partial charge is 0.496 e. The van der Waals surface area contributed by atoms with Crippen LogP contribution in [-0.2, 0) is 5.75 Å². The third-order valence-corrected chi connectivity index (χ3v) is 6.32. The number of aromatic nitrogens is 2. The van der Waals surface area contributed by atoms with Crippen LogP contribution in [0.4, 0.5) is 9.52 Å². The van der Waals surface area contributed by atoms with Gasteiger partial charge in [-0.25, -0.2) is 4.39 Å². The molecule has 0 aliphatic rings. The maximum Gasteiger partial charge on any atom is 0.261 e. The number of benzene rings is 2. The lowest BCUT2D eigenvalue weighted by molar-refractivity contribution is 0.102. The van der Waals surface area contributed by atoms with E-state index in [0.717, 1.165) is 14.8 Å². The first-order chi connectivity index (χ1) is 13.1. The van der Waals surface area contributed by atoms with Gasteiger partial charge in [0.2, 0.25) is 5.13 Å². The number of nitrogens with one attached hydrogen (secondary N) is 1. The Hall–Kier alpha value is -2.10. The Kier molecular flexibility index (Phi) is 6.70. The van der Waals surface area contributed by atoms with Gasteiger partial charge >= 0.3 is 0 Å². The number of hydrogen-bond acceptors (Lipinski definition) is 7. The van der Waals surface area contributed by atoms with Gasteiger partial charge in [-0.1, -0.05) is 35.2 Å². The van der Waals surface area contributed by atoms with Crippen molar-refractivity contribution in [2.24, 2.45) is 0 Å². The van der Waals surface area contributed by atoms with Gasteiger partial charge < -0.3 is 4.74 Å². The van der Waals surface area contributed by atoms with Crippen LogP contribution in [0.5, 0.6) is 5.75 Å². The number of carbonyl (C=O) groups excluding carboxylic acids is 1. The molecule has 0 saturated heterocycles. The van der Waals surface area contributed by atoms with Gasteiger partial charge in [-0.15, -0.1) is 22.0 Å². The third kappa shape index (κ3) is 5.21. The van der Waals surface area contributed by atoms with Gasteiger partial charge in [-0.3, -0.25) is 10.1 Å². The second kappa shape index (κ2) is 9.20. The number of nitrogens with zero attached hydrogens (tertiary/aromatic N) is 2. The lowest BCUT2D eigenvalue weighted by Gasteiger charge is -2.09. The van der Waals surface area contributed by atoms with Gasteiger partial charge in [0.1, 0.15) is 11.6 Å². The molecule has 3 aromatic rings. The molecule has 27 heavy (non-hydrogen) atoms. The molecule has 140 valence electrons. The van der Waals surface area contributed by atoms with Crippen molar-refractivity contribution in [3.63, 3.8) is 0 Å². The molecule has 0 aliphatic carbocycles. The number of halogens is 1. The predicted octanol–water partition coefficient (Wildman–Crippen LogP) is 4.95. The number of methoxy groups -OCH3 is 1. The minimum absolute atomic E-state index is 0.259. The van der Waals surface area contributed by atoms with Crippen molar-refractivity contribution in [3.05, 3.63) is 59.4 Å². The van der Waals surface area contributed by atoms with E-state index >= 15 is 0 Å². The normalized spacial score (nSPS) is 10.6. The molecule has 0 aliphatic heterocycles. The smallest absolute Gasteiger partial charge is 0.261 e. The molecular formula is C18H16FN3O2S3. The van der Waals surface area contributed by atoms with Crippen molar-refractivity contribution in [3.8, 4) is 5.75 Å². The summed E-state index contributed by atoms with van der Waals surface area (Å²) in [5.74, 6) is 0.596. The van der Waals surface area contributed by atoms with Crippen LogP contribution in [0.15, 0.2) is 51.7 Å². The first kappa shape index (κ1) is 19.7. The van der Waals surface area contributed by atoms with E-state index in [1.54, 1.807) is 30.0 Å². The Morgan fingerprint density at radius 2 is 2.00 bits per heavy atom. The summed E-state index contributed by atoms with van der Waals surface area (Å²) in [7, 11) is 1.53. The molecule has 9 heteroatoms. The quantitative estimate of drug-likeness (QED) is 0.430. The highest BCUT2D eigenvalue weighted by atomic mass is 32.2. The first-order valence-electron chi connectivity index (χ1n) is 7.83. The number of thioether (sulfide) groups is 2. The molecule has 0 atom stereocenters. The van der Waals surface area contributed by atoms with Crippen LogP contribution in [0.25, 0.3) is 0 Å². The number of anilines is 1. The van der Waals surface area contributed by atoms with Crippen molar-refractivity contribution in [1.29, 1.82) is 0 Å². The van der Waals surface area contributed by atoms with Gasteiger partial charge in [0.05, 0.1) is 12.7 Å². The minimum Gasteiger partial charge on any atom is -0.496 e. The van der Waals surface area contributed by atoms with Crippen LogP contribution in [0, 0.1) is 5.82 Å². The fourth-order valence-corrected chi connectivity index (χ4v) is 4.33. The summed E-state index contributed by atoms with van der Waals surface area (Å²) in [5, 5.41) is 11.2. The first-order valence-corrected chi connectivity index (χ1v) is 10.9. The van der Waals surface area contributed by atoms with Crippen LogP contribution in [0.1, 0.15) is 15.9 Å². The lowest BCUT2D eigenvalue weighted by Crippen LogP contribution is -2.13. The van der Waals surface area contributed by atoms with E-state index in [1.165, 1.54) is 42.3 Å². The molecule has 3 rings (SSSR count). The zero-order valence-corrected chi connectivity index (χ0v) is 17.0. The summed E-state index contributed by atoms with van der Waals surface area (Å²) in [5.41, 5.74) is 1.42. The Morgan fingerprint density at radius 1 is 1.22 bits per heavy atom. The van der Waals surface area contributed by atoms with Crippen LogP contribution < -0.4 is 10.1 Å². The van der Waals surface area contributed by atoms with Crippen LogP contribution in [-0.4, -0.2) is 29.5 Å². The van der Waals surface area contributed by atoms with Crippen LogP contribution in [0.3, 0.4) is 0 Å². The molecule has 1 heterocycles. The average Bonchev–Trinajstić information content (AvgIpc) is 3.14. The van der Waals surface area contributed by atoms with E-state index in [0.29, 0.717) is 22.2 Å². The Morgan fingerprint density at radius 3 is 2.70 bits per heavy atom. The number of carbonyl (C=O) groups is 1. The standard InChI is InChI=1S/C18H16FN3O2S3/c1-24-15-9-13(25-2)7-8-14(15)16(23)20-17-21-22-18(27-17)26-10-11-3-5-12(19)6-4-11/h3-9H,10H2,1-2H3,(H,20,21,23). The number of ether oxygens (including phenoxy) is 1. The second-order valence-corrected chi connectivity index (χ2v) is 8.39. The van der Waals surface area contributed by atoms with Gasteiger partial charge in [0.25, 0.3) is 5.91 Å². The minimum atomic E-state index is -0.300. The van der Waals surface area contributed by atoms with E-state index in [-0.39, 0.29) is 11.7 Å². The van der Waals surface area contributed by atoms with Crippen molar-refractivity contribution in [2.45, 2.75) is 15.0 Å².